The Labute approximate surface area is 135 Å². The minimum atomic E-state index is 0.445. The summed E-state index contributed by atoms with van der Waals surface area (Å²) in [4.78, 5) is 5.20. The molecule has 2 aliphatic rings. The van der Waals surface area contributed by atoms with Gasteiger partial charge in [0.25, 0.3) is 0 Å². The van der Waals surface area contributed by atoms with Crippen molar-refractivity contribution in [2.24, 2.45) is 0 Å². The smallest absolute Gasteiger partial charge is 0.0720 e. The van der Waals surface area contributed by atoms with E-state index in [0.717, 1.165) is 12.6 Å². The molecule has 0 spiro atoms. The summed E-state index contributed by atoms with van der Waals surface area (Å²) < 4.78 is 6.09. The minimum absolute atomic E-state index is 0.445. The second-order valence-corrected chi connectivity index (χ2v) is 6.93. The highest BCUT2D eigenvalue weighted by atomic mass is 16.5. The third-order valence-corrected chi connectivity index (χ3v) is 5.25. The fourth-order valence-electron chi connectivity index (χ4n) is 3.72. The first-order valence-corrected chi connectivity index (χ1v) is 8.89. The van der Waals surface area contributed by atoms with Crippen LogP contribution in [0.5, 0.6) is 0 Å². The van der Waals surface area contributed by atoms with Crippen molar-refractivity contribution < 1.29 is 4.74 Å². The van der Waals surface area contributed by atoms with Gasteiger partial charge in [0.1, 0.15) is 0 Å². The quantitative estimate of drug-likeness (QED) is 0.831. The van der Waals surface area contributed by atoms with Gasteiger partial charge in [-0.15, -0.1) is 0 Å². The average molecular weight is 302 g/mol. The van der Waals surface area contributed by atoms with Crippen LogP contribution in [0.15, 0.2) is 30.3 Å². The van der Waals surface area contributed by atoms with Gasteiger partial charge in [-0.1, -0.05) is 36.8 Å². The fraction of sp³-hybridized carbons (Fsp3) is 0.684. The number of nitrogens with zero attached hydrogens (tertiary/aromatic N) is 2. The number of ether oxygens (including phenoxy) is 1. The van der Waals surface area contributed by atoms with Crippen LogP contribution in [0.2, 0.25) is 0 Å². The van der Waals surface area contributed by atoms with Crippen molar-refractivity contribution in [2.75, 3.05) is 33.2 Å². The first kappa shape index (κ1) is 16.0. The minimum Gasteiger partial charge on any atom is -0.373 e. The zero-order valence-electron chi connectivity index (χ0n) is 13.9. The highest BCUT2D eigenvalue weighted by molar-refractivity contribution is 5.13. The molecule has 3 rings (SSSR count). The molecular weight excluding hydrogens is 272 g/mol. The summed E-state index contributed by atoms with van der Waals surface area (Å²) >= 11 is 0. The summed E-state index contributed by atoms with van der Waals surface area (Å²) in [5, 5.41) is 0. The molecule has 0 aromatic heterocycles. The van der Waals surface area contributed by atoms with Gasteiger partial charge in [0.2, 0.25) is 0 Å². The molecule has 1 atom stereocenters. The van der Waals surface area contributed by atoms with Crippen LogP contribution in [-0.2, 0) is 11.3 Å². The molecule has 2 aliphatic heterocycles. The first-order valence-electron chi connectivity index (χ1n) is 8.89. The van der Waals surface area contributed by atoms with E-state index in [-0.39, 0.29) is 0 Å². The van der Waals surface area contributed by atoms with Crippen LogP contribution in [0.3, 0.4) is 0 Å². The van der Waals surface area contributed by atoms with Gasteiger partial charge in [-0.3, -0.25) is 0 Å². The van der Waals surface area contributed by atoms with Crippen molar-refractivity contribution >= 4 is 0 Å². The van der Waals surface area contributed by atoms with Crippen LogP contribution in [0.25, 0.3) is 0 Å². The van der Waals surface area contributed by atoms with E-state index in [1.54, 1.807) is 0 Å². The molecule has 0 saturated carbocycles. The SMILES string of the molecule is CN1CCCC[C@@H]1CN1CCC(OCc2ccccc2)CC1. The molecule has 0 amide bonds. The van der Waals surface area contributed by atoms with Gasteiger partial charge in [0, 0.05) is 25.7 Å². The summed E-state index contributed by atoms with van der Waals surface area (Å²) in [6.45, 7) is 5.69. The summed E-state index contributed by atoms with van der Waals surface area (Å²) in [7, 11) is 2.29. The first-order chi connectivity index (χ1) is 10.8. The normalized spacial score (nSPS) is 25.4. The Morgan fingerprint density at radius 3 is 2.50 bits per heavy atom. The molecule has 3 nitrogen and oxygen atoms in total. The molecule has 2 heterocycles. The molecule has 0 N–H and O–H groups in total. The maximum atomic E-state index is 6.09. The van der Waals surface area contributed by atoms with Gasteiger partial charge in [0.15, 0.2) is 0 Å². The summed E-state index contributed by atoms with van der Waals surface area (Å²) in [5.41, 5.74) is 1.29. The molecule has 122 valence electrons. The number of hydrogen-bond acceptors (Lipinski definition) is 3. The zero-order valence-corrected chi connectivity index (χ0v) is 13.9. The summed E-state index contributed by atoms with van der Waals surface area (Å²) in [6.07, 6.45) is 6.97. The molecule has 0 radical (unpaired) electrons. The third-order valence-electron chi connectivity index (χ3n) is 5.25. The van der Waals surface area contributed by atoms with E-state index in [1.165, 1.54) is 63.8 Å². The number of benzene rings is 1. The number of likely N-dealkylation sites (N-methyl/N-ethyl adjacent to an activating group) is 1. The molecule has 2 fully saturated rings. The highest BCUT2D eigenvalue weighted by Crippen LogP contribution is 2.20. The molecule has 2 saturated heterocycles. The molecule has 1 aromatic carbocycles. The van der Waals surface area contributed by atoms with E-state index in [2.05, 4.69) is 47.2 Å². The molecular formula is C19H30N2O. The topological polar surface area (TPSA) is 15.7 Å². The van der Waals surface area contributed by atoms with Crippen molar-refractivity contribution in [3.05, 3.63) is 35.9 Å². The third kappa shape index (κ3) is 4.55. The van der Waals surface area contributed by atoms with E-state index in [4.69, 9.17) is 4.74 Å². The number of hydrogen-bond donors (Lipinski definition) is 0. The maximum absolute atomic E-state index is 6.09. The Morgan fingerprint density at radius 2 is 1.77 bits per heavy atom. The van der Waals surface area contributed by atoms with E-state index in [1.807, 2.05) is 0 Å². The van der Waals surface area contributed by atoms with Crippen LogP contribution < -0.4 is 0 Å². The van der Waals surface area contributed by atoms with Crippen LogP contribution in [0.1, 0.15) is 37.7 Å². The standard InChI is InChI=1S/C19H30N2O/c1-20-12-6-5-9-18(20)15-21-13-10-19(11-14-21)22-16-17-7-3-2-4-8-17/h2-4,7-8,18-19H,5-6,9-16H2,1H3/t18-/m1/s1. The van der Waals surface area contributed by atoms with Crippen LogP contribution in [-0.4, -0.2) is 55.2 Å². The van der Waals surface area contributed by atoms with Crippen molar-refractivity contribution in [1.29, 1.82) is 0 Å². The van der Waals surface area contributed by atoms with Crippen molar-refractivity contribution in [3.63, 3.8) is 0 Å². The monoisotopic (exact) mass is 302 g/mol. The lowest BCUT2D eigenvalue weighted by molar-refractivity contribution is -0.00822. The molecule has 0 unspecified atom stereocenters. The molecule has 1 aromatic rings. The molecule has 0 bridgehead atoms. The van der Waals surface area contributed by atoms with Gasteiger partial charge in [-0.25, -0.2) is 0 Å². The second kappa shape index (κ2) is 8.09. The number of piperidine rings is 2. The highest BCUT2D eigenvalue weighted by Gasteiger charge is 2.25. The van der Waals surface area contributed by atoms with Gasteiger partial charge >= 0.3 is 0 Å². The average Bonchev–Trinajstić information content (AvgIpc) is 2.57. The van der Waals surface area contributed by atoms with E-state index in [9.17, 15) is 0 Å². The predicted molar refractivity (Wildman–Crippen MR) is 91.0 cm³/mol. The lowest BCUT2D eigenvalue weighted by Gasteiger charge is -2.39. The Kier molecular flexibility index (Phi) is 5.88. The largest absolute Gasteiger partial charge is 0.373 e. The second-order valence-electron chi connectivity index (χ2n) is 6.93. The van der Waals surface area contributed by atoms with Crippen molar-refractivity contribution in [1.82, 2.24) is 9.80 Å². The number of rotatable bonds is 5. The fourth-order valence-corrected chi connectivity index (χ4v) is 3.72. The Bertz CT molecular complexity index is 428. The zero-order chi connectivity index (χ0) is 15.2. The predicted octanol–water partition coefficient (Wildman–Crippen LogP) is 3.15. The Morgan fingerprint density at radius 1 is 1.00 bits per heavy atom. The lowest BCUT2D eigenvalue weighted by atomic mass is 10.0. The number of likely N-dealkylation sites (tertiary alicyclic amines) is 2. The van der Waals surface area contributed by atoms with Crippen LogP contribution in [0, 0.1) is 0 Å². The van der Waals surface area contributed by atoms with E-state index >= 15 is 0 Å². The summed E-state index contributed by atoms with van der Waals surface area (Å²) in [5.74, 6) is 0. The van der Waals surface area contributed by atoms with Gasteiger partial charge in [-0.05, 0) is 44.8 Å². The van der Waals surface area contributed by atoms with Crippen LogP contribution >= 0.6 is 0 Å². The van der Waals surface area contributed by atoms with Crippen LogP contribution in [0.4, 0.5) is 0 Å². The van der Waals surface area contributed by atoms with Gasteiger partial charge in [-0.2, -0.15) is 0 Å². The lowest BCUT2D eigenvalue weighted by Crippen LogP contribution is -2.47. The van der Waals surface area contributed by atoms with E-state index in [0.29, 0.717) is 6.10 Å². The van der Waals surface area contributed by atoms with E-state index < -0.39 is 0 Å². The Balaban J connectivity index is 1.37. The van der Waals surface area contributed by atoms with Crippen molar-refractivity contribution in [2.45, 2.75) is 50.9 Å². The van der Waals surface area contributed by atoms with Gasteiger partial charge in [0.05, 0.1) is 12.7 Å². The molecule has 22 heavy (non-hydrogen) atoms. The summed E-state index contributed by atoms with van der Waals surface area (Å²) in [6, 6.07) is 11.3. The Hall–Kier alpha value is -0.900. The van der Waals surface area contributed by atoms with Crippen molar-refractivity contribution in [3.8, 4) is 0 Å². The maximum Gasteiger partial charge on any atom is 0.0720 e. The van der Waals surface area contributed by atoms with Gasteiger partial charge < -0.3 is 14.5 Å². The molecule has 3 heteroatoms. The molecule has 0 aliphatic carbocycles.